The van der Waals surface area contributed by atoms with Crippen LogP contribution in [0.2, 0.25) is 0 Å². The maximum Gasteiger partial charge on any atom is 0.129 e. The van der Waals surface area contributed by atoms with Crippen molar-refractivity contribution in [2.24, 2.45) is 5.73 Å². The number of hydrogen-bond acceptors (Lipinski definition) is 2. The quantitative estimate of drug-likeness (QED) is 0.918. The Labute approximate surface area is 110 Å². The molecule has 0 heterocycles. The maximum absolute atomic E-state index is 13.3. The van der Waals surface area contributed by atoms with E-state index in [0.717, 1.165) is 0 Å². The summed E-state index contributed by atoms with van der Waals surface area (Å²) in [4.78, 5) is 0. The second kappa shape index (κ2) is 5.80. The zero-order valence-electron chi connectivity index (χ0n) is 10.6. The van der Waals surface area contributed by atoms with Crippen molar-refractivity contribution in [1.82, 2.24) is 0 Å². The molecule has 0 fully saturated rings. The summed E-state index contributed by atoms with van der Waals surface area (Å²) in [6, 6.07) is 9.17. The molecule has 0 aliphatic heterocycles. The minimum absolute atomic E-state index is 0.174. The standard InChI is InChI=1S/C15H15F2NO/c1-10-2-3-14(7-15(10)17)19-9-12-4-11(8-18)5-13(16)6-12/h2-7H,8-9,18H2,1H3. The molecule has 0 aliphatic carbocycles. The van der Waals surface area contributed by atoms with Crippen molar-refractivity contribution < 1.29 is 13.5 Å². The van der Waals surface area contributed by atoms with E-state index in [1.54, 1.807) is 25.1 Å². The molecule has 0 saturated heterocycles. The molecule has 2 aromatic rings. The van der Waals surface area contributed by atoms with Gasteiger partial charge in [-0.3, -0.25) is 0 Å². The van der Waals surface area contributed by atoms with Crippen molar-refractivity contribution in [3.05, 3.63) is 64.7 Å². The summed E-state index contributed by atoms with van der Waals surface area (Å²) in [5, 5.41) is 0. The van der Waals surface area contributed by atoms with Crippen molar-refractivity contribution in [1.29, 1.82) is 0 Å². The molecule has 0 aliphatic rings. The summed E-state index contributed by atoms with van der Waals surface area (Å²) in [6.07, 6.45) is 0. The van der Waals surface area contributed by atoms with Gasteiger partial charge in [-0.1, -0.05) is 12.1 Å². The molecule has 4 heteroatoms. The molecule has 19 heavy (non-hydrogen) atoms. The van der Waals surface area contributed by atoms with Gasteiger partial charge in [0.2, 0.25) is 0 Å². The number of ether oxygens (including phenoxy) is 1. The fraction of sp³-hybridized carbons (Fsp3) is 0.200. The van der Waals surface area contributed by atoms with Gasteiger partial charge < -0.3 is 10.5 Å². The Hall–Kier alpha value is -1.94. The Bertz CT molecular complexity index is 584. The molecule has 0 atom stereocenters. The van der Waals surface area contributed by atoms with Crippen molar-refractivity contribution in [3.8, 4) is 5.75 Å². The van der Waals surface area contributed by atoms with E-state index in [1.807, 2.05) is 0 Å². The summed E-state index contributed by atoms with van der Waals surface area (Å²) in [7, 11) is 0. The van der Waals surface area contributed by atoms with E-state index in [1.165, 1.54) is 18.2 Å². The monoisotopic (exact) mass is 263 g/mol. The molecule has 2 N–H and O–H groups in total. The van der Waals surface area contributed by atoms with Gasteiger partial charge in [-0.15, -0.1) is 0 Å². The highest BCUT2D eigenvalue weighted by molar-refractivity contribution is 5.29. The van der Waals surface area contributed by atoms with E-state index in [9.17, 15) is 8.78 Å². The first kappa shape index (κ1) is 13.5. The summed E-state index contributed by atoms with van der Waals surface area (Å²) >= 11 is 0. The van der Waals surface area contributed by atoms with Crippen LogP contribution in [-0.4, -0.2) is 0 Å². The van der Waals surface area contributed by atoms with E-state index in [2.05, 4.69) is 0 Å². The summed E-state index contributed by atoms with van der Waals surface area (Å²) in [6.45, 7) is 2.12. The van der Waals surface area contributed by atoms with Crippen LogP contribution in [0.1, 0.15) is 16.7 Å². The van der Waals surface area contributed by atoms with Crippen LogP contribution in [0.5, 0.6) is 5.75 Å². The lowest BCUT2D eigenvalue weighted by Crippen LogP contribution is -2.01. The summed E-state index contributed by atoms with van der Waals surface area (Å²) < 4.78 is 32.1. The van der Waals surface area contributed by atoms with Crippen LogP contribution in [0.3, 0.4) is 0 Å². The van der Waals surface area contributed by atoms with E-state index in [4.69, 9.17) is 10.5 Å². The van der Waals surface area contributed by atoms with Crippen LogP contribution in [0, 0.1) is 18.6 Å². The molecule has 0 amide bonds. The number of rotatable bonds is 4. The average molecular weight is 263 g/mol. The number of nitrogens with two attached hydrogens (primary N) is 1. The SMILES string of the molecule is Cc1ccc(OCc2cc(F)cc(CN)c2)cc1F. The van der Waals surface area contributed by atoms with Crippen LogP contribution in [-0.2, 0) is 13.2 Å². The minimum Gasteiger partial charge on any atom is -0.489 e. The van der Waals surface area contributed by atoms with Crippen molar-refractivity contribution in [3.63, 3.8) is 0 Å². The molecular formula is C15H15F2NO. The molecular weight excluding hydrogens is 248 g/mol. The second-order valence-electron chi connectivity index (χ2n) is 4.37. The number of aryl methyl sites for hydroxylation is 1. The Kier molecular flexibility index (Phi) is 4.12. The van der Waals surface area contributed by atoms with Gasteiger partial charge in [0.25, 0.3) is 0 Å². The zero-order chi connectivity index (χ0) is 13.8. The lowest BCUT2D eigenvalue weighted by molar-refractivity contribution is 0.303. The van der Waals surface area contributed by atoms with Crippen molar-refractivity contribution in [2.45, 2.75) is 20.1 Å². The molecule has 2 aromatic carbocycles. The molecule has 0 saturated carbocycles. The van der Waals surface area contributed by atoms with E-state index < -0.39 is 0 Å². The lowest BCUT2D eigenvalue weighted by atomic mass is 10.1. The summed E-state index contributed by atoms with van der Waals surface area (Å²) in [5.74, 6) is -0.252. The van der Waals surface area contributed by atoms with Crippen LogP contribution in [0.25, 0.3) is 0 Å². The molecule has 0 aromatic heterocycles. The largest absolute Gasteiger partial charge is 0.489 e. The fourth-order valence-corrected chi connectivity index (χ4v) is 1.75. The minimum atomic E-state index is -0.350. The molecule has 100 valence electrons. The van der Waals surface area contributed by atoms with Gasteiger partial charge in [0, 0.05) is 12.6 Å². The first-order chi connectivity index (χ1) is 9.08. The number of hydrogen-bond donors (Lipinski definition) is 1. The van der Waals surface area contributed by atoms with Gasteiger partial charge in [0.1, 0.15) is 24.0 Å². The number of benzene rings is 2. The van der Waals surface area contributed by atoms with Gasteiger partial charge in [-0.25, -0.2) is 8.78 Å². The molecule has 2 rings (SSSR count). The van der Waals surface area contributed by atoms with E-state index in [0.29, 0.717) is 22.4 Å². The highest BCUT2D eigenvalue weighted by Gasteiger charge is 2.03. The van der Waals surface area contributed by atoms with Crippen molar-refractivity contribution >= 4 is 0 Å². The Morgan fingerprint density at radius 3 is 2.47 bits per heavy atom. The Balaban J connectivity index is 2.09. The summed E-state index contributed by atoms with van der Waals surface area (Å²) in [5.41, 5.74) is 7.40. The predicted octanol–water partition coefficient (Wildman–Crippen LogP) is 3.31. The third-order valence-corrected chi connectivity index (χ3v) is 2.80. The smallest absolute Gasteiger partial charge is 0.129 e. The van der Waals surface area contributed by atoms with Gasteiger partial charge in [-0.05, 0) is 41.8 Å². The van der Waals surface area contributed by atoms with Gasteiger partial charge >= 0.3 is 0 Å². The Morgan fingerprint density at radius 2 is 1.79 bits per heavy atom. The molecule has 0 unspecified atom stereocenters. The first-order valence-corrected chi connectivity index (χ1v) is 5.96. The third-order valence-electron chi connectivity index (χ3n) is 2.80. The first-order valence-electron chi connectivity index (χ1n) is 5.96. The van der Waals surface area contributed by atoms with Crippen LogP contribution >= 0.6 is 0 Å². The highest BCUT2D eigenvalue weighted by Crippen LogP contribution is 2.18. The normalized spacial score (nSPS) is 10.5. The molecule has 2 nitrogen and oxygen atoms in total. The van der Waals surface area contributed by atoms with Gasteiger partial charge in [0.05, 0.1) is 0 Å². The maximum atomic E-state index is 13.3. The molecule has 0 radical (unpaired) electrons. The number of halogens is 2. The highest BCUT2D eigenvalue weighted by atomic mass is 19.1. The third kappa shape index (κ3) is 3.51. The Morgan fingerprint density at radius 1 is 1.05 bits per heavy atom. The second-order valence-corrected chi connectivity index (χ2v) is 4.37. The molecule has 0 bridgehead atoms. The van der Waals surface area contributed by atoms with Crippen LogP contribution in [0.4, 0.5) is 8.78 Å². The lowest BCUT2D eigenvalue weighted by Gasteiger charge is -2.08. The van der Waals surface area contributed by atoms with Gasteiger partial charge in [-0.2, -0.15) is 0 Å². The topological polar surface area (TPSA) is 35.2 Å². The van der Waals surface area contributed by atoms with Crippen molar-refractivity contribution in [2.75, 3.05) is 0 Å². The predicted molar refractivity (Wildman–Crippen MR) is 69.8 cm³/mol. The fourth-order valence-electron chi connectivity index (χ4n) is 1.75. The zero-order valence-corrected chi connectivity index (χ0v) is 10.6. The van der Waals surface area contributed by atoms with Crippen LogP contribution < -0.4 is 10.5 Å². The average Bonchev–Trinajstić information content (AvgIpc) is 2.39. The van der Waals surface area contributed by atoms with Gasteiger partial charge in [0.15, 0.2) is 0 Å². The molecule has 0 spiro atoms. The van der Waals surface area contributed by atoms with Crippen LogP contribution in [0.15, 0.2) is 36.4 Å². The van der Waals surface area contributed by atoms with E-state index in [-0.39, 0.29) is 24.8 Å². The van der Waals surface area contributed by atoms with E-state index >= 15 is 0 Å².